The van der Waals surface area contributed by atoms with E-state index in [0.717, 1.165) is 6.92 Å². The maximum atomic E-state index is 12.0. The highest BCUT2D eigenvalue weighted by Crippen LogP contribution is 2.15. The molecule has 0 radical (unpaired) electrons. The van der Waals surface area contributed by atoms with E-state index in [4.69, 9.17) is 5.11 Å². The van der Waals surface area contributed by atoms with Gasteiger partial charge in [-0.2, -0.15) is 5.21 Å². The molecule has 110 valence electrons. The number of hydrogen-bond donors (Lipinski definition) is 4. The van der Waals surface area contributed by atoms with Crippen LogP contribution in [-0.2, 0) is 4.79 Å². The number of nitrogens with zero attached hydrogens (tertiary/aromatic N) is 3. The number of nitrogens with one attached hydrogen (secondary N) is 2. The molecule has 9 heteroatoms. The zero-order valence-electron chi connectivity index (χ0n) is 11.1. The van der Waals surface area contributed by atoms with E-state index in [2.05, 4.69) is 25.9 Å². The Bertz CT molecular complexity index is 653. The first-order valence-corrected chi connectivity index (χ1v) is 5.98. The van der Waals surface area contributed by atoms with Crippen LogP contribution in [0.25, 0.3) is 11.4 Å². The average molecular weight is 291 g/mol. The topological polar surface area (TPSA) is 141 Å². The van der Waals surface area contributed by atoms with E-state index in [9.17, 15) is 14.7 Å². The summed E-state index contributed by atoms with van der Waals surface area (Å²) in [6, 6.07) is 6.43. The number of aromatic amines is 1. The van der Waals surface area contributed by atoms with Crippen LogP contribution < -0.4 is 5.32 Å². The Labute approximate surface area is 119 Å². The molecule has 0 aliphatic heterocycles. The van der Waals surface area contributed by atoms with Crippen molar-refractivity contribution in [3.8, 4) is 11.4 Å². The number of H-pyrrole nitrogens is 1. The van der Waals surface area contributed by atoms with Gasteiger partial charge in [0, 0.05) is 11.1 Å². The van der Waals surface area contributed by atoms with Crippen LogP contribution in [0, 0.1) is 0 Å². The quantitative estimate of drug-likeness (QED) is 0.578. The highest BCUT2D eigenvalue weighted by molar-refractivity contribution is 5.95. The lowest BCUT2D eigenvalue weighted by molar-refractivity contribution is -0.155. The number of benzene rings is 1. The summed E-state index contributed by atoms with van der Waals surface area (Å²) in [6.07, 6.45) is 0. The maximum absolute atomic E-state index is 12.0. The third-order valence-corrected chi connectivity index (χ3v) is 2.78. The van der Waals surface area contributed by atoms with Crippen molar-refractivity contribution in [1.82, 2.24) is 25.9 Å². The third-order valence-electron chi connectivity index (χ3n) is 2.78. The van der Waals surface area contributed by atoms with Gasteiger partial charge in [-0.3, -0.25) is 4.79 Å². The molecule has 0 saturated heterocycles. The number of hydrogen-bond acceptors (Lipinski definition) is 6. The van der Waals surface area contributed by atoms with Crippen molar-refractivity contribution in [2.75, 3.05) is 6.54 Å². The number of tetrazole rings is 1. The largest absolute Gasteiger partial charge is 0.479 e. The van der Waals surface area contributed by atoms with Gasteiger partial charge in [0.1, 0.15) is 0 Å². The molecule has 1 aromatic heterocycles. The highest BCUT2D eigenvalue weighted by atomic mass is 16.4. The SMILES string of the molecule is CC(O)(CNC(=O)c1cccc(-c2nn[nH]n2)c1)C(=O)O. The molecule has 1 unspecified atom stereocenters. The monoisotopic (exact) mass is 291 g/mol. The zero-order valence-corrected chi connectivity index (χ0v) is 11.1. The summed E-state index contributed by atoms with van der Waals surface area (Å²) in [5.41, 5.74) is -1.15. The van der Waals surface area contributed by atoms with Crippen molar-refractivity contribution in [1.29, 1.82) is 0 Å². The number of aliphatic hydroxyl groups is 1. The Hall–Kier alpha value is -2.81. The molecule has 0 bridgehead atoms. The second-order valence-corrected chi connectivity index (χ2v) is 4.58. The molecule has 4 N–H and O–H groups in total. The molecule has 21 heavy (non-hydrogen) atoms. The number of carbonyl (C=O) groups is 2. The zero-order chi connectivity index (χ0) is 15.5. The number of carbonyl (C=O) groups excluding carboxylic acids is 1. The van der Waals surface area contributed by atoms with Gasteiger partial charge in [0.15, 0.2) is 5.60 Å². The first-order chi connectivity index (χ1) is 9.90. The minimum Gasteiger partial charge on any atom is -0.479 e. The number of amides is 1. The molecule has 1 amide bonds. The first-order valence-electron chi connectivity index (χ1n) is 5.98. The van der Waals surface area contributed by atoms with E-state index < -0.39 is 24.0 Å². The Balaban J connectivity index is 2.10. The van der Waals surface area contributed by atoms with E-state index >= 15 is 0 Å². The Morgan fingerprint density at radius 3 is 2.81 bits per heavy atom. The molecule has 0 aliphatic carbocycles. The number of carboxylic acids is 1. The summed E-state index contributed by atoms with van der Waals surface area (Å²) in [7, 11) is 0. The summed E-state index contributed by atoms with van der Waals surface area (Å²) >= 11 is 0. The normalized spacial score (nSPS) is 13.4. The molecule has 1 atom stereocenters. The van der Waals surface area contributed by atoms with E-state index in [1.807, 2.05) is 0 Å². The molecule has 9 nitrogen and oxygen atoms in total. The van der Waals surface area contributed by atoms with E-state index in [1.165, 1.54) is 6.07 Å². The van der Waals surface area contributed by atoms with Crippen molar-refractivity contribution >= 4 is 11.9 Å². The summed E-state index contributed by atoms with van der Waals surface area (Å²) in [4.78, 5) is 22.7. The smallest absolute Gasteiger partial charge is 0.337 e. The summed E-state index contributed by atoms with van der Waals surface area (Å²) in [6.45, 7) is 0.693. The molecule has 0 aliphatic rings. The number of rotatable bonds is 5. The fourth-order valence-electron chi connectivity index (χ4n) is 1.51. The van der Waals surface area contributed by atoms with Crippen LogP contribution in [0.3, 0.4) is 0 Å². The minimum absolute atomic E-state index is 0.290. The van der Waals surface area contributed by atoms with Crippen molar-refractivity contribution in [3.63, 3.8) is 0 Å². The molecule has 0 spiro atoms. The molecule has 2 aromatic rings. The second-order valence-electron chi connectivity index (χ2n) is 4.58. The van der Waals surface area contributed by atoms with Crippen LogP contribution >= 0.6 is 0 Å². The highest BCUT2D eigenvalue weighted by Gasteiger charge is 2.30. The van der Waals surface area contributed by atoms with Crippen LogP contribution in [0.1, 0.15) is 17.3 Å². The third kappa shape index (κ3) is 3.39. The van der Waals surface area contributed by atoms with Gasteiger partial charge in [-0.15, -0.1) is 10.2 Å². The number of carboxylic acid groups (broad SMARTS) is 1. The Morgan fingerprint density at radius 1 is 1.43 bits per heavy atom. The van der Waals surface area contributed by atoms with Crippen molar-refractivity contribution in [2.45, 2.75) is 12.5 Å². The Morgan fingerprint density at radius 2 is 2.19 bits per heavy atom. The lowest BCUT2D eigenvalue weighted by Crippen LogP contribution is -2.46. The van der Waals surface area contributed by atoms with Gasteiger partial charge in [-0.25, -0.2) is 4.79 Å². The van der Waals surface area contributed by atoms with E-state index in [1.54, 1.807) is 18.2 Å². The van der Waals surface area contributed by atoms with Crippen LogP contribution in [-0.4, -0.2) is 54.9 Å². The van der Waals surface area contributed by atoms with Gasteiger partial charge >= 0.3 is 5.97 Å². The van der Waals surface area contributed by atoms with Crippen LogP contribution in [0.5, 0.6) is 0 Å². The summed E-state index contributed by atoms with van der Waals surface area (Å²) in [5.74, 6) is -1.59. The van der Waals surface area contributed by atoms with Gasteiger partial charge in [0.2, 0.25) is 5.82 Å². The molecule has 1 aromatic carbocycles. The number of aliphatic carboxylic acids is 1. The van der Waals surface area contributed by atoms with Gasteiger partial charge < -0.3 is 15.5 Å². The van der Waals surface area contributed by atoms with E-state index in [0.29, 0.717) is 17.0 Å². The van der Waals surface area contributed by atoms with Crippen LogP contribution in [0.2, 0.25) is 0 Å². The molecular formula is C12H13N5O4. The standard InChI is InChI=1S/C12H13N5O4/c1-12(21,11(19)20)6-13-10(18)8-4-2-3-7(5-8)9-14-16-17-15-9/h2-5,21H,6H2,1H3,(H,13,18)(H,19,20)(H,14,15,16,17). The fourth-order valence-corrected chi connectivity index (χ4v) is 1.51. The van der Waals surface area contributed by atoms with Gasteiger partial charge in [0.05, 0.1) is 6.54 Å². The fraction of sp³-hybridized carbons (Fsp3) is 0.250. The predicted octanol–water partition coefficient (Wildman–Crippen LogP) is -0.568. The lowest BCUT2D eigenvalue weighted by atomic mass is 10.1. The van der Waals surface area contributed by atoms with Crippen LogP contribution in [0.15, 0.2) is 24.3 Å². The molecule has 1 heterocycles. The van der Waals surface area contributed by atoms with Crippen molar-refractivity contribution in [3.05, 3.63) is 29.8 Å². The molecular weight excluding hydrogens is 278 g/mol. The van der Waals surface area contributed by atoms with Crippen LogP contribution in [0.4, 0.5) is 0 Å². The first kappa shape index (κ1) is 14.6. The summed E-state index contributed by atoms with van der Waals surface area (Å²) < 4.78 is 0. The molecule has 0 fully saturated rings. The minimum atomic E-state index is -2.03. The lowest BCUT2D eigenvalue weighted by Gasteiger charge is -2.18. The Kier molecular flexibility index (Phi) is 3.94. The van der Waals surface area contributed by atoms with Crippen molar-refractivity contribution in [2.24, 2.45) is 0 Å². The van der Waals surface area contributed by atoms with E-state index in [-0.39, 0.29) is 0 Å². The predicted molar refractivity (Wildman–Crippen MR) is 70.2 cm³/mol. The summed E-state index contributed by atoms with van der Waals surface area (Å²) in [5, 5.41) is 34.0. The van der Waals surface area contributed by atoms with Gasteiger partial charge in [-0.1, -0.05) is 12.1 Å². The number of aromatic nitrogens is 4. The molecule has 0 saturated carbocycles. The van der Waals surface area contributed by atoms with Crippen molar-refractivity contribution < 1.29 is 19.8 Å². The molecule has 2 rings (SSSR count). The van der Waals surface area contributed by atoms with Gasteiger partial charge in [-0.05, 0) is 24.3 Å². The second kappa shape index (κ2) is 5.67. The average Bonchev–Trinajstić information content (AvgIpc) is 2.99. The van der Waals surface area contributed by atoms with Gasteiger partial charge in [0.25, 0.3) is 5.91 Å². The maximum Gasteiger partial charge on any atom is 0.337 e.